The third-order valence-electron chi connectivity index (χ3n) is 4.53. The van der Waals surface area contributed by atoms with Gasteiger partial charge in [-0.15, -0.1) is 0 Å². The Kier molecular flexibility index (Phi) is 7.10. The molecule has 1 unspecified atom stereocenters. The third-order valence-corrected chi connectivity index (χ3v) is 4.53. The number of hydrogen-bond donors (Lipinski definition) is 0. The molecule has 0 aliphatic carbocycles. The number of ether oxygens (including phenoxy) is 4. The maximum absolute atomic E-state index is 13.1. The minimum atomic E-state index is -0.138. The maximum atomic E-state index is 13.1. The number of rotatable bonds is 8. The molecule has 0 saturated carbocycles. The van der Waals surface area contributed by atoms with Gasteiger partial charge in [0.25, 0.3) is 5.91 Å². The van der Waals surface area contributed by atoms with Crippen LogP contribution in [-0.2, 0) is 0 Å². The average molecular weight is 401 g/mol. The number of methoxy groups -OCH3 is 1. The smallest absolute Gasteiger partial charge is 0.319 e. The first-order chi connectivity index (χ1) is 14.1. The number of amides is 1. The van der Waals surface area contributed by atoms with Crippen LogP contribution in [0.15, 0.2) is 30.5 Å². The monoisotopic (exact) mass is 401 g/mol. The molecule has 0 spiro atoms. The van der Waals surface area contributed by atoms with Crippen molar-refractivity contribution in [1.82, 2.24) is 14.9 Å². The van der Waals surface area contributed by atoms with Gasteiger partial charge in [0.05, 0.1) is 26.9 Å². The average Bonchev–Trinajstić information content (AvgIpc) is 2.75. The number of benzene rings is 1. The molecule has 1 atom stereocenters. The molecule has 1 aromatic carbocycles. The molecule has 8 nitrogen and oxygen atoms in total. The second-order valence-electron chi connectivity index (χ2n) is 6.54. The van der Waals surface area contributed by atoms with Gasteiger partial charge >= 0.3 is 6.01 Å². The Labute approximate surface area is 170 Å². The highest BCUT2D eigenvalue weighted by atomic mass is 16.5. The van der Waals surface area contributed by atoms with E-state index >= 15 is 0 Å². The molecule has 2 aromatic rings. The minimum Gasteiger partial charge on any atom is -0.490 e. The van der Waals surface area contributed by atoms with Gasteiger partial charge < -0.3 is 23.8 Å². The molecule has 0 bridgehead atoms. The van der Waals surface area contributed by atoms with Gasteiger partial charge in [-0.3, -0.25) is 4.79 Å². The van der Waals surface area contributed by atoms with Gasteiger partial charge in [0.2, 0.25) is 5.88 Å². The van der Waals surface area contributed by atoms with Crippen LogP contribution in [0.25, 0.3) is 0 Å². The van der Waals surface area contributed by atoms with Crippen molar-refractivity contribution in [3.63, 3.8) is 0 Å². The predicted octanol–water partition coefficient (Wildman–Crippen LogP) is 2.97. The fraction of sp³-hybridized carbons (Fsp3) is 0.476. The zero-order valence-electron chi connectivity index (χ0n) is 17.1. The second-order valence-corrected chi connectivity index (χ2v) is 6.54. The first-order valence-corrected chi connectivity index (χ1v) is 9.87. The summed E-state index contributed by atoms with van der Waals surface area (Å²) >= 11 is 0. The number of nitrogens with zero attached hydrogens (tertiary/aromatic N) is 3. The zero-order valence-corrected chi connectivity index (χ0v) is 17.1. The Hall–Kier alpha value is -3.03. The van der Waals surface area contributed by atoms with Crippen LogP contribution >= 0.6 is 0 Å². The van der Waals surface area contributed by atoms with Crippen molar-refractivity contribution < 1.29 is 23.7 Å². The van der Waals surface area contributed by atoms with Gasteiger partial charge in [-0.05, 0) is 44.9 Å². The van der Waals surface area contributed by atoms with Crippen LogP contribution in [0.2, 0.25) is 0 Å². The largest absolute Gasteiger partial charge is 0.490 e. The van der Waals surface area contributed by atoms with Crippen molar-refractivity contribution in [2.45, 2.75) is 32.8 Å². The molecule has 2 heterocycles. The lowest BCUT2D eigenvalue weighted by atomic mass is 10.1. The Morgan fingerprint density at radius 3 is 2.72 bits per heavy atom. The van der Waals surface area contributed by atoms with Crippen molar-refractivity contribution >= 4 is 5.91 Å². The number of carbonyl (C=O) groups is 1. The van der Waals surface area contributed by atoms with E-state index in [4.69, 9.17) is 18.9 Å². The first kappa shape index (κ1) is 20.7. The summed E-state index contributed by atoms with van der Waals surface area (Å²) in [5, 5.41) is 0. The third kappa shape index (κ3) is 5.28. The summed E-state index contributed by atoms with van der Waals surface area (Å²) in [4.78, 5) is 23.0. The van der Waals surface area contributed by atoms with Crippen LogP contribution in [0.4, 0.5) is 0 Å². The van der Waals surface area contributed by atoms with E-state index in [1.54, 1.807) is 35.4 Å². The van der Waals surface area contributed by atoms with Crippen LogP contribution in [0.3, 0.4) is 0 Å². The molecular formula is C21H27N3O5. The van der Waals surface area contributed by atoms with E-state index in [2.05, 4.69) is 9.97 Å². The molecule has 1 aliphatic rings. The summed E-state index contributed by atoms with van der Waals surface area (Å²) in [5.74, 6) is 1.61. The highest BCUT2D eigenvalue weighted by Crippen LogP contribution is 2.29. The molecule has 1 aromatic heterocycles. The molecule has 8 heteroatoms. The summed E-state index contributed by atoms with van der Waals surface area (Å²) < 4.78 is 22.2. The summed E-state index contributed by atoms with van der Waals surface area (Å²) in [5.41, 5.74) is 0.571. The number of carbonyl (C=O) groups excluding carboxylic acids is 1. The molecule has 29 heavy (non-hydrogen) atoms. The molecule has 156 valence electrons. The van der Waals surface area contributed by atoms with Gasteiger partial charge in [0.15, 0.2) is 11.5 Å². The van der Waals surface area contributed by atoms with E-state index in [1.165, 1.54) is 7.11 Å². The maximum Gasteiger partial charge on any atom is 0.319 e. The quantitative estimate of drug-likeness (QED) is 0.672. The van der Waals surface area contributed by atoms with Crippen molar-refractivity contribution in [3.05, 3.63) is 36.0 Å². The van der Waals surface area contributed by atoms with Gasteiger partial charge in [0.1, 0.15) is 6.10 Å². The molecule has 1 fully saturated rings. The van der Waals surface area contributed by atoms with Crippen LogP contribution in [0.1, 0.15) is 37.0 Å². The van der Waals surface area contributed by atoms with E-state index in [1.807, 2.05) is 13.8 Å². The minimum absolute atomic E-state index is 0.0532. The Balaban J connectivity index is 1.69. The summed E-state index contributed by atoms with van der Waals surface area (Å²) in [6, 6.07) is 7.24. The zero-order chi connectivity index (χ0) is 20.6. The summed E-state index contributed by atoms with van der Waals surface area (Å²) in [7, 11) is 1.51. The van der Waals surface area contributed by atoms with Crippen molar-refractivity contribution in [1.29, 1.82) is 0 Å². The van der Waals surface area contributed by atoms with Gasteiger partial charge in [0, 0.05) is 24.4 Å². The topological polar surface area (TPSA) is 83.0 Å². The highest BCUT2D eigenvalue weighted by Gasteiger charge is 2.26. The summed E-state index contributed by atoms with van der Waals surface area (Å²) in [6.07, 6.45) is 3.15. The lowest BCUT2D eigenvalue weighted by Crippen LogP contribution is -2.44. The molecule has 1 aliphatic heterocycles. The normalized spacial score (nSPS) is 16.2. The number of likely N-dealkylation sites (tertiary alicyclic amines) is 1. The molecule has 3 rings (SSSR count). The molecule has 0 radical (unpaired) electrons. The predicted molar refractivity (Wildman–Crippen MR) is 107 cm³/mol. The lowest BCUT2D eigenvalue weighted by molar-refractivity contribution is 0.0525. The fourth-order valence-electron chi connectivity index (χ4n) is 3.25. The fourth-order valence-corrected chi connectivity index (χ4v) is 3.25. The van der Waals surface area contributed by atoms with E-state index in [0.717, 1.165) is 12.8 Å². The van der Waals surface area contributed by atoms with E-state index in [0.29, 0.717) is 49.2 Å². The van der Waals surface area contributed by atoms with E-state index < -0.39 is 0 Å². The van der Waals surface area contributed by atoms with Crippen molar-refractivity contribution in [2.24, 2.45) is 0 Å². The first-order valence-electron chi connectivity index (χ1n) is 9.87. The van der Waals surface area contributed by atoms with Crippen LogP contribution in [-0.4, -0.2) is 60.3 Å². The van der Waals surface area contributed by atoms with Crippen molar-refractivity contribution in [2.75, 3.05) is 33.4 Å². The summed E-state index contributed by atoms with van der Waals surface area (Å²) in [6.45, 7) is 6.02. The van der Waals surface area contributed by atoms with Gasteiger partial charge in [-0.2, -0.15) is 4.98 Å². The van der Waals surface area contributed by atoms with Crippen LogP contribution < -0.4 is 18.9 Å². The molecular weight excluding hydrogens is 374 g/mol. The molecule has 1 amide bonds. The van der Waals surface area contributed by atoms with Gasteiger partial charge in [-0.25, -0.2) is 4.98 Å². The lowest BCUT2D eigenvalue weighted by Gasteiger charge is -2.32. The van der Waals surface area contributed by atoms with Crippen LogP contribution in [0, 0.1) is 0 Å². The Morgan fingerprint density at radius 2 is 1.97 bits per heavy atom. The number of piperidine rings is 1. The standard InChI is InChI=1S/C21H27N3O5/c1-4-27-17-9-8-15(13-18(17)28-5-2)20(25)24-12-6-7-16(14-24)29-19-10-11-22-21(23-19)26-3/h8-11,13,16H,4-7,12,14H2,1-3H3. The number of aromatic nitrogens is 2. The van der Waals surface area contributed by atoms with E-state index in [9.17, 15) is 4.79 Å². The second kappa shape index (κ2) is 9.95. The molecule has 0 N–H and O–H groups in total. The Morgan fingerprint density at radius 1 is 1.17 bits per heavy atom. The molecule has 1 saturated heterocycles. The van der Waals surface area contributed by atoms with Crippen molar-refractivity contribution in [3.8, 4) is 23.4 Å². The van der Waals surface area contributed by atoms with E-state index in [-0.39, 0.29) is 18.0 Å². The Bertz CT molecular complexity index is 830. The highest BCUT2D eigenvalue weighted by molar-refractivity contribution is 5.95. The number of hydrogen-bond acceptors (Lipinski definition) is 7. The van der Waals surface area contributed by atoms with Crippen LogP contribution in [0.5, 0.6) is 23.4 Å². The van der Waals surface area contributed by atoms with Gasteiger partial charge in [-0.1, -0.05) is 0 Å². The SMILES string of the molecule is CCOc1ccc(C(=O)N2CCCC(Oc3ccnc(OC)n3)C2)cc1OCC.